The third-order valence-electron chi connectivity index (χ3n) is 2.53. The standard InChI is InChI=1S/C12H14N4O3S/c1-2-5-16-11(8-3-4-9(17)13-6-8)14-15-12(16)20-7-10(18)19/h3-4,6H,2,5,7H2,1H3,(H,13,17)(H,18,19). The molecule has 0 aliphatic carbocycles. The molecule has 2 heterocycles. The van der Waals surface area contributed by atoms with Gasteiger partial charge < -0.3 is 14.7 Å². The number of hydrogen-bond donors (Lipinski definition) is 2. The number of aromatic nitrogens is 4. The van der Waals surface area contributed by atoms with E-state index in [-0.39, 0.29) is 11.3 Å². The highest BCUT2D eigenvalue weighted by Gasteiger charge is 2.14. The number of nitrogens with zero attached hydrogens (tertiary/aromatic N) is 3. The van der Waals surface area contributed by atoms with Crippen LogP contribution in [0.1, 0.15) is 13.3 Å². The van der Waals surface area contributed by atoms with E-state index in [4.69, 9.17) is 5.11 Å². The monoisotopic (exact) mass is 294 g/mol. The number of rotatable bonds is 6. The average Bonchev–Trinajstić information content (AvgIpc) is 2.81. The van der Waals surface area contributed by atoms with E-state index >= 15 is 0 Å². The zero-order chi connectivity index (χ0) is 14.5. The second kappa shape index (κ2) is 6.38. The van der Waals surface area contributed by atoms with Gasteiger partial charge in [-0.05, 0) is 12.5 Å². The van der Waals surface area contributed by atoms with Crippen LogP contribution in [0.4, 0.5) is 0 Å². The van der Waals surface area contributed by atoms with Crippen molar-refractivity contribution >= 4 is 17.7 Å². The van der Waals surface area contributed by atoms with Crippen molar-refractivity contribution in [3.63, 3.8) is 0 Å². The van der Waals surface area contributed by atoms with Gasteiger partial charge in [0.1, 0.15) is 0 Å². The number of carbonyl (C=O) groups is 1. The van der Waals surface area contributed by atoms with E-state index < -0.39 is 5.97 Å². The van der Waals surface area contributed by atoms with Crippen molar-refractivity contribution in [2.45, 2.75) is 25.0 Å². The van der Waals surface area contributed by atoms with Crippen LogP contribution in [0, 0.1) is 0 Å². The quantitative estimate of drug-likeness (QED) is 0.777. The van der Waals surface area contributed by atoms with Crippen LogP contribution in [-0.4, -0.2) is 36.6 Å². The van der Waals surface area contributed by atoms with Crippen LogP contribution in [0.2, 0.25) is 0 Å². The summed E-state index contributed by atoms with van der Waals surface area (Å²) in [7, 11) is 0. The molecule has 0 radical (unpaired) electrons. The molecule has 0 aliphatic heterocycles. The zero-order valence-electron chi connectivity index (χ0n) is 10.9. The highest BCUT2D eigenvalue weighted by Crippen LogP contribution is 2.23. The summed E-state index contributed by atoms with van der Waals surface area (Å²) in [5, 5.41) is 17.4. The summed E-state index contributed by atoms with van der Waals surface area (Å²) < 4.78 is 1.86. The van der Waals surface area contributed by atoms with E-state index in [9.17, 15) is 9.59 Å². The lowest BCUT2D eigenvalue weighted by molar-refractivity contribution is -0.133. The SMILES string of the molecule is CCCn1c(SCC(=O)O)nnc1-c1ccc(=O)[nH]c1. The molecule has 0 unspecified atom stereocenters. The van der Waals surface area contributed by atoms with Crippen molar-refractivity contribution in [1.82, 2.24) is 19.7 Å². The number of pyridine rings is 1. The van der Waals surface area contributed by atoms with Crippen LogP contribution < -0.4 is 5.56 Å². The molecule has 0 saturated carbocycles. The lowest BCUT2D eigenvalue weighted by Gasteiger charge is -2.07. The van der Waals surface area contributed by atoms with Crippen LogP contribution in [0.5, 0.6) is 0 Å². The van der Waals surface area contributed by atoms with Gasteiger partial charge >= 0.3 is 5.97 Å². The van der Waals surface area contributed by atoms with Gasteiger partial charge in [0.15, 0.2) is 11.0 Å². The minimum atomic E-state index is -0.897. The Morgan fingerprint density at radius 3 is 2.85 bits per heavy atom. The molecule has 0 aliphatic rings. The Balaban J connectivity index is 2.35. The second-order valence-electron chi connectivity index (χ2n) is 4.08. The summed E-state index contributed by atoms with van der Waals surface area (Å²) in [6.07, 6.45) is 2.44. The molecule has 20 heavy (non-hydrogen) atoms. The van der Waals surface area contributed by atoms with Crippen molar-refractivity contribution in [2.75, 3.05) is 5.75 Å². The molecule has 0 fully saturated rings. The molecular formula is C12H14N4O3S. The molecule has 0 aromatic carbocycles. The molecule has 0 amide bonds. The molecule has 8 heteroatoms. The second-order valence-corrected chi connectivity index (χ2v) is 5.02. The first-order chi connectivity index (χ1) is 9.61. The summed E-state index contributed by atoms with van der Waals surface area (Å²) in [4.78, 5) is 24.3. The molecule has 2 aromatic heterocycles. The van der Waals surface area contributed by atoms with Gasteiger partial charge in [0.05, 0.1) is 5.75 Å². The van der Waals surface area contributed by atoms with Crippen molar-refractivity contribution in [2.24, 2.45) is 0 Å². The number of aliphatic carboxylic acids is 1. The van der Waals surface area contributed by atoms with Gasteiger partial charge in [-0.3, -0.25) is 9.59 Å². The Hall–Kier alpha value is -2.09. The molecule has 0 atom stereocenters. The lowest BCUT2D eigenvalue weighted by Crippen LogP contribution is -2.06. The van der Waals surface area contributed by atoms with E-state index in [1.807, 2.05) is 11.5 Å². The fourth-order valence-corrected chi connectivity index (χ4v) is 2.39. The van der Waals surface area contributed by atoms with Gasteiger partial charge in [-0.2, -0.15) is 0 Å². The van der Waals surface area contributed by atoms with Crippen molar-refractivity contribution in [1.29, 1.82) is 0 Å². The molecule has 0 spiro atoms. The topological polar surface area (TPSA) is 101 Å². The van der Waals surface area contributed by atoms with Crippen molar-refractivity contribution < 1.29 is 9.90 Å². The summed E-state index contributed by atoms with van der Waals surface area (Å²) in [6, 6.07) is 3.09. The summed E-state index contributed by atoms with van der Waals surface area (Å²) in [5.41, 5.74) is 0.559. The number of aromatic amines is 1. The van der Waals surface area contributed by atoms with Gasteiger partial charge in [-0.1, -0.05) is 18.7 Å². The Kier molecular flexibility index (Phi) is 4.57. The highest BCUT2D eigenvalue weighted by molar-refractivity contribution is 7.99. The third-order valence-corrected chi connectivity index (χ3v) is 3.48. The van der Waals surface area contributed by atoms with Gasteiger partial charge in [0.2, 0.25) is 5.56 Å². The number of carboxylic acids is 1. The van der Waals surface area contributed by atoms with Gasteiger partial charge in [0, 0.05) is 24.4 Å². The highest BCUT2D eigenvalue weighted by atomic mass is 32.2. The van der Waals surface area contributed by atoms with E-state index in [0.29, 0.717) is 17.5 Å². The third kappa shape index (κ3) is 3.27. The molecule has 106 valence electrons. The fraction of sp³-hybridized carbons (Fsp3) is 0.333. The maximum atomic E-state index is 11.1. The van der Waals surface area contributed by atoms with Crippen molar-refractivity contribution in [3.8, 4) is 11.4 Å². The number of carboxylic acid groups (broad SMARTS) is 1. The van der Waals surface area contributed by atoms with Gasteiger partial charge in [0.25, 0.3) is 0 Å². The van der Waals surface area contributed by atoms with E-state index in [1.54, 1.807) is 12.3 Å². The number of hydrogen-bond acceptors (Lipinski definition) is 5. The summed E-state index contributed by atoms with van der Waals surface area (Å²) in [5.74, 6) is -0.337. The normalized spacial score (nSPS) is 10.7. The Morgan fingerprint density at radius 1 is 1.45 bits per heavy atom. The minimum Gasteiger partial charge on any atom is -0.481 e. The van der Waals surface area contributed by atoms with Crippen LogP contribution in [-0.2, 0) is 11.3 Å². The molecule has 2 aromatic rings. The Morgan fingerprint density at radius 2 is 2.25 bits per heavy atom. The maximum Gasteiger partial charge on any atom is 0.313 e. The smallest absolute Gasteiger partial charge is 0.313 e. The number of thioether (sulfide) groups is 1. The molecule has 0 saturated heterocycles. The van der Waals surface area contributed by atoms with Crippen LogP contribution >= 0.6 is 11.8 Å². The van der Waals surface area contributed by atoms with Crippen molar-refractivity contribution in [3.05, 3.63) is 28.7 Å². The predicted molar refractivity (Wildman–Crippen MR) is 74.7 cm³/mol. The number of nitrogens with one attached hydrogen (secondary N) is 1. The molecule has 7 nitrogen and oxygen atoms in total. The first kappa shape index (κ1) is 14.3. The number of H-pyrrole nitrogens is 1. The van der Waals surface area contributed by atoms with Crippen LogP contribution in [0.3, 0.4) is 0 Å². The first-order valence-corrected chi connectivity index (χ1v) is 7.07. The van der Waals surface area contributed by atoms with Gasteiger partial charge in [-0.15, -0.1) is 10.2 Å². The average molecular weight is 294 g/mol. The Labute approximate surface area is 119 Å². The molecule has 2 N–H and O–H groups in total. The van der Waals surface area contributed by atoms with E-state index in [2.05, 4.69) is 15.2 Å². The first-order valence-electron chi connectivity index (χ1n) is 6.08. The summed E-state index contributed by atoms with van der Waals surface area (Å²) >= 11 is 1.13. The zero-order valence-corrected chi connectivity index (χ0v) is 11.7. The van der Waals surface area contributed by atoms with E-state index in [0.717, 1.165) is 23.7 Å². The minimum absolute atomic E-state index is 0.0620. The molecular weight excluding hydrogens is 280 g/mol. The molecule has 2 rings (SSSR count). The predicted octanol–water partition coefficient (Wildman–Crippen LogP) is 1.22. The van der Waals surface area contributed by atoms with Crippen LogP contribution in [0.15, 0.2) is 28.3 Å². The Bertz CT molecular complexity index is 644. The molecule has 0 bridgehead atoms. The fourth-order valence-electron chi connectivity index (χ4n) is 1.71. The maximum absolute atomic E-state index is 11.1. The largest absolute Gasteiger partial charge is 0.481 e. The van der Waals surface area contributed by atoms with Gasteiger partial charge in [-0.25, -0.2) is 0 Å². The van der Waals surface area contributed by atoms with E-state index in [1.165, 1.54) is 6.07 Å². The summed E-state index contributed by atoms with van der Waals surface area (Å²) in [6.45, 7) is 2.70. The lowest BCUT2D eigenvalue weighted by atomic mass is 10.2. The van der Waals surface area contributed by atoms with Crippen LogP contribution in [0.25, 0.3) is 11.4 Å².